The fraction of sp³-hybridized carbons (Fsp3) is 0.682. The van der Waals surface area contributed by atoms with Crippen molar-refractivity contribution in [1.29, 1.82) is 0 Å². The van der Waals surface area contributed by atoms with Gasteiger partial charge in [0.2, 0.25) is 5.88 Å². The summed E-state index contributed by atoms with van der Waals surface area (Å²) in [6, 6.07) is 0.904. The summed E-state index contributed by atoms with van der Waals surface area (Å²) in [5, 5.41) is 4.09. The largest absolute Gasteiger partial charge is 0.480 e. The van der Waals surface area contributed by atoms with Crippen LogP contribution >= 0.6 is 11.3 Å². The fourth-order valence-electron chi connectivity index (χ4n) is 4.81. The lowest BCUT2D eigenvalue weighted by Gasteiger charge is -2.26. The molecule has 1 unspecified atom stereocenters. The summed E-state index contributed by atoms with van der Waals surface area (Å²) in [5.74, 6) is 1.05. The topological polar surface area (TPSA) is 76.6 Å². The summed E-state index contributed by atoms with van der Waals surface area (Å²) >= 11 is 1.40. The monoisotopic (exact) mass is 432 g/mol. The molecule has 1 aliphatic carbocycles. The molecule has 2 aliphatic rings. The molecule has 0 spiro atoms. The second-order valence-corrected chi connectivity index (χ2v) is 9.42. The number of rotatable bonds is 6. The molecule has 1 N–H and O–H groups in total. The van der Waals surface area contributed by atoms with Crippen molar-refractivity contribution in [2.24, 2.45) is 0 Å². The number of likely N-dealkylation sites (tertiary alicyclic amines) is 1. The number of hydrogen-bond acceptors (Lipinski definition) is 7. The Morgan fingerprint density at radius 3 is 2.63 bits per heavy atom. The number of carbonyl (C=O) groups is 1. The molecular weight excluding hydrogens is 400 g/mol. The average Bonchev–Trinajstić information content (AvgIpc) is 3.22. The van der Waals surface area contributed by atoms with E-state index in [2.05, 4.69) is 20.2 Å². The molecule has 0 bridgehead atoms. The molecule has 1 saturated carbocycles. The van der Waals surface area contributed by atoms with Gasteiger partial charge in [-0.3, -0.25) is 9.69 Å². The predicted octanol–water partition coefficient (Wildman–Crippen LogP) is 3.68. The van der Waals surface area contributed by atoms with Crippen LogP contribution in [-0.4, -0.2) is 60.2 Å². The number of aromatic nitrogens is 2. The predicted molar refractivity (Wildman–Crippen MR) is 118 cm³/mol. The molecule has 1 aliphatic heterocycles. The van der Waals surface area contributed by atoms with Gasteiger partial charge < -0.3 is 14.8 Å². The number of hydrogen-bond donors (Lipinski definition) is 1. The minimum Gasteiger partial charge on any atom is -0.480 e. The van der Waals surface area contributed by atoms with Gasteiger partial charge in [0, 0.05) is 32.3 Å². The number of nitrogens with zero attached hydrogens (tertiary/aromatic N) is 3. The molecule has 7 nitrogen and oxygen atoms in total. The molecule has 30 heavy (non-hydrogen) atoms. The van der Waals surface area contributed by atoms with Crippen molar-refractivity contribution >= 4 is 27.5 Å². The van der Waals surface area contributed by atoms with Crippen LogP contribution in [0, 0.1) is 6.92 Å². The zero-order valence-corrected chi connectivity index (χ0v) is 19.0. The first kappa shape index (κ1) is 21.5. The van der Waals surface area contributed by atoms with Crippen molar-refractivity contribution in [3.8, 4) is 5.88 Å². The summed E-state index contributed by atoms with van der Waals surface area (Å²) in [5.41, 5.74) is 0.881. The average molecular weight is 433 g/mol. The Bertz CT molecular complexity index is 892. The van der Waals surface area contributed by atoms with Crippen LogP contribution in [0.5, 0.6) is 5.88 Å². The number of fused-ring (bicyclic) bond motifs is 1. The molecule has 8 heteroatoms. The maximum absolute atomic E-state index is 13.1. The lowest BCUT2D eigenvalue weighted by Crippen LogP contribution is -2.39. The highest BCUT2D eigenvalue weighted by Crippen LogP contribution is 2.35. The van der Waals surface area contributed by atoms with Crippen LogP contribution < -0.4 is 10.1 Å². The van der Waals surface area contributed by atoms with Gasteiger partial charge in [-0.2, -0.15) is 4.98 Å². The maximum atomic E-state index is 13.1. The minimum absolute atomic E-state index is 0.0152. The van der Waals surface area contributed by atoms with Crippen molar-refractivity contribution in [3.05, 3.63) is 16.3 Å². The van der Waals surface area contributed by atoms with E-state index in [1.807, 2.05) is 6.92 Å². The molecular formula is C22H32N4O3S. The molecule has 2 fully saturated rings. The van der Waals surface area contributed by atoms with Crippen LogP contribution in [0.2, 0.25) is 0 Å². The number of amides is 1. The van der Waals surface area contributed by atoms with Gasteiger partial charge in [0.1, 0.15) is 11.4 Å². The highest BCUT2D eigenvalue weighted by atomic mass is 32.1. The number of aryl methyl sites for hydroxylation is 1. The van der Waals surface area contributed by atoms with Gasteiger partial charge in [-0.15, -0.1) is 11.3 Å². The normalized spacial score (nSPS) is 21.1. The Hall–Kier alpha value is -1.77. The van der Waals surface area contributed by atoms with Gasteiger partial charge in [0.25, 0.3) is 5.91 Å². The Kier molecular flexibility index (Phi) is 6.85. The first-order valence-electron chi connectivity index (χ1n) is 11.0. The summed E-state index contributed by atoms with van der Waals surface area (Å²) in [4.78, 5) is 26.2. The third kappa shape index (κ3) is 4.45. The van der Waals surface area contributed by atoms with Gasteiger partial charge in [0.05, 0.1) is 17.4 Å². The van der Waals surface area contributed by atoms with E-state index in [0.717, 1.165) is 35.3 Å². The second kappa shape index (κ2) is 9.58. The van der Waals surface area contributed by atoms with Crippen molar-refractivity contribution < 1.29 is 14.3 Å². The van der Waals surface area contributed by atoms with Crippen LogP contribution in [0.3, 0.4) is 0 Å². The molecule has 164 valence electrons. The first-order chi connectivity index (χ1) is 14.6. The van der Waals surface area contributed by atoms with Crippen molar-refractivity contribution in [3.63, 3.8) is 0 Å². The smallest absolute Gasteiger partial charge is 0.261 e. The van der Waals surface area contributed by atoms with Gasteiger partial charge >= 0.3 is 0 Å². The van der Waals surface area contributed by atoms with Gasteiger partial charge in [-0.25, -0.2) is 4.98 Å². The molecule has 1 saturated heterocycles. The quantitative estimate of drug-likeness (QED) is 0.702. The van der Waals surface area contributed by atoms with Gasteiger partial charge in [0.15, 0.2) is 5.82 Å². The minimum atomic E-state index is -0.0152. The molecule has 4 rings (SSSR count). The lowest BCUT2D eigenvalue weighted by molar-refractivity contribution is 0.0939. The number of methoxy groups -OCH3 is 2. The van der Waals surface area contributed by atoms with E-state index in [9.17, 15) is 4.79 Å². The Balaban J connectivity index is 1.47. The van der Waals surface area contributed by atoms with Gasteiger partial charge in [-0.1, -0.05) is 25.7 Å². The number of thiophene rings is 1. The zero-order valence-electron chi connectivity index (χ0n) is 18.2. The summed E-state index contributed by atoms with van der Waals surface area (Å²) in [6.45, 7) is 4.30. The molecule has 0 aromatic carbocycles. The van der Waals surface area contributed by atoms with Crippen molar-refractivity contribution in [1.82, 2.24) is 20.2 Å². The number of carbonyl (C=O) groups excluding carboxylic acids is 1. The Morgan fingerprint density at radius 1 is 1.17 bits per heavy atom. The molecule has 1 atom stereocenters. The van der Waals surface area contributed by atoms with E-state index in [1.54, 1.807) is 14.2 Å². The summed E-state index contributed by atoms with van der Waals surface area (Å²) < 4.78 is 10.6. The first-order valence-corrected chi connectivity index (χ1v) is 11.8. The molecule has 2 aromatic rings. The standard InChI is InChI=1S/C22H32N4O3S/c1-14-18-21(29-3)24-17(13-28-2)25-22(18)30-19(14)20(27)23-15-10-11-26(12-15)16-8-6-4-5-7-9-16/h15-16H,4-13H2,1-3H3,(H,23,27). The number of ether oxygens (including phenoxy) is 2. The van der Waals surface area contributed by atoms with Crippen LogP contribution in [0.4, 0.5) is 0 Å². The van der Waals surface area contributed by atoms with E-state index < -0.39 is 0 Å². The number of nitrogens with one attached hydrogen (secondary N) is 1. The van der Waals surface area contributed by atoms with Crippen LogP contribution in [0.25, 0.3) is 10.2 Å². The lowest BCUT2D eigenvalue weighted by atomic mass is 10.1. The fourth-order valence-corrected chi connectivity index (χ4v) is 5.91. The Labute approximate surface area is 182 Å². The van der Waals surface area contributed by atoms with Crippen molar-refractivity contribution in [2.45, 2.75) is 70.6 Å². The summed E-state index contributed by atoms with van der Waals surface area (Å²) in [6.07, 6.45) is 9.05. The van der Waals surface area contributed by atoms with Crippen LogP contribution in [0.15, 0.2) is 0 Å². The second-order valence-electron chi connectivity index (χ2n) is 8.42. The summed E-state index contributed by atoms with van der Waals surface area (Å²) in [7, 11) is 3.20. The Morgan fingerprint density at radius 2 is 1.93 bits per heavy atom. The molecule has 0 radical (unpaired) electrons. The highest BCUT2D eigenvalue weighted by molar-refractivity contribution is 7.20. The highest BCUT2D eigenvalue weighted by Gasteiger charge is 2.30. The van der Waals surface area contributed by atoms with E-state index >= 15 is 0 Å². The molecule has 2 aromatic heterocycles. The van der Waals surface area contributed by atoms with E-state index in [4.69, 9.17) is 9.47 Å². The molecule has 3 heterocycles. The van der Waals surface area contributed by atoms with E-state index in [1.165, 1.54) is 49.9 Å². The van der Waals surface area contributed by atoms with Gasteiger partial charge in [-0.05, 0) is 31.7 Å². The van der Waals surface area contributed by atoms with E-state index in [-0.39, 0.29) is 11.9 Å². The molecule has 1 amide bonds. The SMILES string of the molecule is COCc1nc(OC)c2c(C)c(C(=O)NC3CCN(C4CCCCCC4)C3)sc2n1. The third-order valence-corrected chi connectivity index (χ3v) is 7.56. The van der Waals surface area contributed by atoms with E-state index in [0.29, 0.717) is 29.2 Å². The third-order valence-electron chi connectivity index (χ3n) is 6.37. The van der Waals surface area contributed by atoms with Crippen molar-refractivity contribution in [2.75, 3.05) is 27.3 Å². The van der Waals surface area contributed by atoms with Crippen LogP contribution in [-0.2, 0) is 11.3 Å². The van der Waals surface area contributed by atoms with Crippen LogP contribution in [0.1, 0.15) is 66.0 Å². The zero-order chi connectivity index (χ0) is 21.1. The maximum Gasteiger partial charge on any atom is 0.261 e.